The molecular weight excluding hydrogens is 250 g/mol. The Hall–Kier alpha value is 2.10. The van der Waals surface area contributed by atoms with Gasteiger partial charge >= 0.3 is 59.1 Å². The van der Waals surface area contributed by atoms with E-state index in [1.807, 2.05) is 0 Å². The molecule has 0 aromatic carbocycles. The number of hydrogen-bond acceptors (Lipinski definition) is 6. The van der Waals surface area contributed by atoms with E-state index in [1.54, 1.807) is 0 Å². The second kappa shape index (κ2) is 29.4. The van der Waals surface area contributed by atoms with E-state index in [9.17, 15) is 0 Å². The first-order valence-corrected chi connectivity index (χ1v) is 5.31. The Morgan fingerprint density at radius 3 is 1.07 bits per heavy atom. The van der Waals surface area contributed by atoms with Gasteiger partial charge in [-0.1, -0.05) is 0 Å². The number of aliphatic hydroxyl groups excluding tert-OH is 1. The number of aliphatic hydroxyl groups is 1. The molecule has 0 amide bonds. The smallest absolute Gasteiger partial charge is 0.634 e. The van der Waals surface area contributed by atoms with Crippen molar-refractivity contribution in [2.45, 2.75) is 0 Å². The van der Waals surface area contributed by atoms with E-state index in [1.165, 1.54) is 0 Å². The average molecular weight is 261 g/mol. The summed E-state index contributed by atoms with van der Waals surface area (Å²) in [6.45, 7) is 0.472. The molecule has 0 unspecified atom stereocenters. The summed E-state index contributed by atoms with van der Waals surface area (Å²) in [6.07, 6.45) is 5.19. The summed E-state index contributed by atoms with van der Waals surface area (Å²) in [5.74, 6) is 0. The van der Waals surface area contributed by atoms with Crippen LogP contribution in [0.3, 0.4) is 0 Å². The molecule has 0 aliphatic heterocycles. The Bertz CT molecular complexity index is 106. The van der Waals surface area contributed by atoms with E-state index >= 15 is 0 Å². The number of rotatable bonds is 1. The van der Waals surface area contributed by atoms with Crippen molar-refractivity contribution < 1.29 is 83.8 Å². The summed E-state index contributed by atoms with van der Waals surface area (Å²) in [5.41, 5.74) is 4.78. The fraction of sp³-hybridized carbons (Fsp3) is 0.500. The third-order valence-electron chi connectivity index (χ3n) is 0.129. The molecule has 0 saturated heterocycles. The monoisotopic (exact) mass is 261 g/mol. The van der Waals surface area contributed by atoms with Crippen molar-refractivity contribution >= 4 is 28.6 Å². The van der Waals surface area contributed by atoms with Crippen molar-refractivity contribution in [1.29, 1.82) is 0 Å². The number of hydrogen-bond donors (Lipinski definition) is 2. The molecule has 10 heteroatoms. The van der Waals surface area contributed by atoms with E-state index in [0.717, 1.165) is 0 Å². The van der Waals surface area contributed by atoms with Crippen LogP contribution in [-0.2, 0) is 0 Å². The van der Waals surface area contributed by atoms with Gasteiger partial charge in [0.1, 0.15) is 0 Å². The van der Waals surface area contributed by atoms with Crippen molar-refractivity contribution in [2.75, 3.05) is 13.2 Å². The SMILES string of the molecule is C=[P+]([O-])[O-].C=[P+]([O-])[O-].NCCO.[Na+].[Na+]. The van der Waals surface area contributed by atoms with Crippen LogP contribution >= 0.6 is 16.0 Å². The van der Waals surface area contributed by atoms with Crippen molar-refractivity contribution in [3.63, 3.8) is 0 Å². The van der Waals surface area contributed by atoms with Crippen LogP contribution in [0.1, 0.15) is 0 Å². The minimum absolute atomic E-state index is 0. The molecule has 0 spiro atoms. The third kappa shape index (κ3) is 252. The van der Waals surface area contributed by atoms with Gasteiger partial charge in [-0.3, -0.25) is 0 Å². The van der Waals surface area contributed by atoms with Crippen LogP contribution in [0.5, 0.6) is 0 Å². The Labute approximate surface area is 130 Å². The van der Waals surface area contributed by atoms with Gasteiger partial charge in [-0.25, -0.2) is 0 Å². The topological polar surface area (TPSA) is 138 Å². The fourth-order valence-corrected chi connectivity index (χ4v) is 0. The fourth-order valence-electron chi connectivity index (χ4n) is 0. The average Bonchev–Trinajstić information content (AvgIpc) is 1.85. The molecule has 74 valence electrons. The Balaban J connectivity index is -0.0000000270. The van der Waals surface area contributed by atoms with E-state index in [4.69, 9.17) is 30.4 Å². The van der Waals surface area contributed by atoms with E-state index in [-0.39, 0.29) is 65.7 Å². The first kappa shape index (κ1) is 29.8. The standard InChI is InChI=1S/C2H7NO.2CH3O2P.2Na/c3-1-2-4;2*1-4(2)3;;/h4H,1-3H2;2*1H2,(H,2,3);;/q;;;2*+1/p-2. The van der Waals surface area contributed by atoms with Crippen molar-refractivity contribution in [3.8, 4) is 0 Å². The summed E-state index contributed by atoms with van der Waals surface area (Å²) >= 11 is 0. The molecule has 0 fully saturated rings. The molecule has 0 saturated carbocycles. The van der Waals surface area contributed by atoms with Gasteiger partial charge in [0.15, 0.2) is 0 Å². The second-order valence-corrected chi connectivity index (χ2v) is 2.51. The summed E-state index contributed by atoms with van der Waals surface area (Å²) < 4.78 is 0. The Kier molecular flexibility index (Phi) is 62.6. The maximum absolute atomic E-state index is 8.93. The minimum Gasteiger partial charge on any atom is -0.634 e. The van der Waals surface area contributed by atoms with Crippen LogP contribution in [0.25, 0.3) is 0 Å². The molecule has 3 N–H and O–H groups in total. The summed E-state index contributed by atoms with van der Waals surface area (Å²) in [6, 6.07) is 0. The van der Waals surface area contributed by atoms with Crippen LogP contribution in [0.4, 0.5) is 0 Å². The predicted octanol–water partition coefficient (Wildman–Crippen LogP) is -10.2. The molecule has 0 aliphatic carbocycles. The van der Waals surface area contributed by atoms with E-state index in [0.29, 0.717) is 6.54 Å². The van der Waals surface area contributed by atoms with Gasteiger partial charge in [0, 0.05) is 6.54 Å². The van der Waals surface area contributed by atoms with Crippen molar-refractivity contribution in [2.24, 2.45) is 5.73 Å². The largest absolute Gasteiger partial charge is 1.00 e. The second-order valence-electron chi connectivity index (χ2n) is 1.18. The molecule has 0 aromatic rings. The normalized spacial score (nSPS) is 5.86. The van der Waals surface area contributed by atoms with Gasteiger partial charge in [-0.15, -0.1) is 0 Å². The molecule has 0 radical (unpaired) electrons. The molecule has 0 bridgehead atoms. The summed E-state index contributed by atoms with van der Waals surface area (Å²) in [4.78, 5) is 35.7. The molecule has 0 aliphatic rings. The van der Waals surface area contributed by atoms with Crippen LogP contribution in [0, 0.1) is 0 Å². The van der Waals surface area contributed by atoms with E-state index < -0.39 is 16.0 Å². The maximum atomic E-state index is 8.93. The minimum atomic E-state index is -2.37. The van der Waals surface area contributed by atoms with Gasteiger partial charge in [-0.2, -0.15) is 0 Å². The quantitative estimate of drug-likeness (QED) is 0.355. The Morgan fingerprint density at radius 2 is 1.07 bits per heavy atom. The van der Waals surface area contributed by atoms with Gasteiger partial charge < -0.3 is 30.4 Å². The Morgan fingerprint density at radius 1 is 1.00 bits per heavy atom. The zero-order valence-electron chi connectivity index (χ0n) is 8.38. The van der Waals surface area contributed by atoms with Gasteiger partial charge in [0.2, 0.25) is 0 Å². The zero-order valence-corrected chi connectivity index (χ0v) is 14.2. The maximum Gasteiger partial charge on any atom is 1.00 e. The van der Waals surface area contributed by atoms with Crippen LogP contribution < -0.4 is 84.4 Å². The van der Waals surface area contributed by atoms with Crippen LogP contribution in [-0.4, -0.2) is 30.9 Å². The first-order chi connectivity index (χ1) is 5.38. The van der Waals surface area contributed by atoms with Crippen LogP contribution in [0.2, 0.25) is 0 Å². The molecule has 0 aromatic heterocycles. The molecule has 0 rings (SSSR count). The van der Waals surface area contributed by atoms with Crippen LogP contribution in [0.15, 0.2) is 0 Å². The first-order valence-electron chi connectivity index (χ1n) is 2.59. The van der Waals surface area contributed by atoms with Gasteiger partial charge in [-0.05, 0) is 16.0 Å². The third-order valence-corrected chi connectivity index (χ3v) is 0.129. The zero-order chi connectivity index (χ0) is 10.6. The van der Waals surface area contributed by atoms with Crippen molar-refractivity contribution in [1.82, 2.24) is 0 Å². The van der Waals surface area contributed by atoms with Gasteiger partial charge in [0.25, 0.3) is 0 Å². The van der Waals surface area contributed by atoms with E-state index in [2.05, 4.69) is 12.6 Å². The molecular formula is C4H11NNa2O5P2. The molecule has 0 heterocycles. The predicted molar refractivity (Wildman–Crippen MR) is 44.2 cm³/mol. The molecule has 6 nitrogen and oxygen atoms in total. The van der Waals surface area contributed by atoms with Crippen molar-refractivity contribution in [3.05, 3.63) is 0 Å². The summed E-state index contributed by atoms with van der Waals surface area (Å²) in [5, 5.41) is 7.75. The molecule has 14 heavy (non-hydrogen) atoms. The summed E-state index contributed by atoms with van der Waals surface area (Å²) in [7, 11) is -4.74. The number of nitrogens with two attached hydrogens (primary N) is 1. The van der Waals surface area contributed by atoms with Gasteiger partial charge in [0.05, 0.1) is 19.2 Å². The molecule has 0 atom stereocenters.